The highest BCUT2D eigenvalue weighted by Gasteiger charge is 2.11. The zero-order valence-electron chi connectivity index (χ0n) is 9.75. The van der Waals surface area contributed by atoms with Gasteiger partial charge in [0.05, 0.1) is 11.1 Å². The molecule has 1 amide bonds. The first-order valence-corrected chi connectivity index (χ1v) is 5.84. The summed E-state index contributed by atoms with van der Waals surface area (Å²) in [6.45, 7) is 4.36. The van der Waals surface area contributed by atoms with Crippen molar-refractivity contribution in [3.05, 3.63) is 40.5 Å². The average Bonchev–Trinajstić information content (AvgIpc) is 2.29. The van der Waals surface area contributed by atoms with E-state index < -0.39 is 0 Å². The van der Waals surface area contributed by atoms with Crippen molar-refractivity contribution in [1.29, 1.82) is 0 Å². The highest BCUT2D eigenvalue weighted by Crippen LogP contribution is 2.22. The highest BCUT2D eigenvalue weighted by molar-refractivity contribution is 6.31. The molecule has 0 saturated heterocycles. The maximum Gasteiger partial charge on any atom is 0.252 e. The fraction of sp³-hybridized carbons (Fsp3) is 0.231. The van der Waals surface area contributed by atoms with E-state index >= 15 is 0 Å². The van der Waals surface area contributed by atoms with Crippen LogP contribution in [-0.2, 0) is 0 Å². The summed E-state index contributed by atoms with van der Waals surface area (Å²) < 4.78 is 0. The zero-order chi connectivity index (χ0) is 12.4. The predicted molar refractivity (Wildman–Crippen MR) is 69.5 cm³/mol. The van der Waals surface area contributed by atoms with E-state index in [9.17, 15) is 4.79 Å². The maximum atomic E-state index is 11.9. The first-order valence-electron chi connectivity index (χ1n) is 5.47. The average molecular weight is 249 g/mol. The Morgan fingerprint density at radius 3 is 2.88 bits per heavy atom. The van der Waals surface area contributed by atoms with Gasteiger partial charge in [-0.25, -0.2) is 0 Å². The third kappa shape index (κ3) is 2.39. The van der Waals surface area contributed by atoms with Gasteiger partial charge in [0.15, 0.2) is 0 Å². The molecular formula is C13H13ClN2O. The van der Waals surface area contributed by atoms with Crippen LogP contribution in [0.5, 0.6) is 0 Å². The van der Waals surface area contributed by atoms with Gasteiger partial charge in [-0.2, -0.15) is 0 Å². The van der Waals surface area contributed by atoms with Gasteiger partial charge in [-0.15, -0.1) is 0 Å². The molecule has 0 unspecified atom stereocenters. The minimum absolute atomic E-state index is 0.0923. The van der Waals surface area contributed by atoms with Crippen molar-refractivity contribution in [1.82, 2.24) is 10.3 Å². The smallest absolute Gasteiger partial charge is 0.252 e. The number of carbonyl (C=O) groups excluding carboxylic acids is 1. The second-order valence-corrected chi connectivity index (χ2v) is 4.27. The Balaban J connectivity index is 2.67. The zero-order valence-corrected chi connectivity index (χ0v) is 10.5. The number of benzene rings is 1. The van der Waals surface area contributed by atoms with Crippen LogP contribution in [0, 0.1) is 6.92 Å². The summed E-state index contributed by atoms with van der Waals surface area (Å²) in [5.74, 6) is -0.0923. The number of rotatable bonds is 2. The molecule has 3 nitrogen and oxygen atoms in total. The Hall–Kier alpha value is -1.61. The third-order valence-electron chi connectivity index (χ3n) is 2.48. The molecule has 0 bridgehead atoms. The van der Waals surface area contributed by atoms with Crippen LogP contribution < -0.4 is 5.32 Å². The van der Waals surface area contributed by atoms with Crippen molar-refractivity contribution in [3.8, 4) is 0 Å². The number of aryl methyl sites for hydroxylation is 1. The lowest BCUT2D eigenvalue weighted by molar-refractivity contribution is 0.0957. The van der Waals surface area contributed by atoms with Crippen LogP contribution >= 0.6 is 11.6 Å². The molecule has 1 aromatic carbocycles. The van der Waals surface area contributed by atoms with Gasteiger partial charge in [-0.1, -0.05) is 11.6 Å². The van der Waals surface area contributed by atoms with Crippen LogP contribution in [0.3, 0.4) is 0 Å². The molecule has 2 rings (SSSR count). The van der Waals surface area contributed by atoms with E-state index in [4.69, 9.17) is 11.6 Å². The Morgan fingerprint density at radius 1 is 1.41 bits per heavy atom. The molecular weight excluding hydrogens is 236 g/mol. The van der Waals surface area contributed by atoms with Crippen molar-refractivity contribution in [2.24, 2.45) is 0 Å². The van der Waals surface area contributed by atoms with Gasteiger partial charge in [0.1, 0.15) is 0 Å². The Bertz CT molecular complexity index is 581. The minimum atomic E-state index is -0.0923. The van der Waals surface area contributed by atoms with Crippen molar-refractivity contribution in [2.45, 2.75) is 13.8 Å². The Labute approximate surface area is 105 Å². The van der Waals surface area contributed by atoms with E-state index in [0.717, 1.165) is 16.6 Å². The predicted octanol–water partition coefficient (Wildman–Crippen LogP) is 2.95. The van der Waals surface area contributed by atoms with Gasteiger partial charge in [-0.05, 0) is 38.1 Å². The van der Waals surface area contributed by atoms with Gasteiger partial charge in [0, 0.05) is 22.6 Å². The number of nitrogens with one attached hydrogen (secondary N) is 1. The largest absolute Gasteiger partial charge is 0.352 e. The number of carbonyl (C=O) groups is 1. The summed E-state index contributed by atoms with van der Waals surface area (Å²) in [4.78, 5) is 16.3. The molecule has 1 aromatic heterocycles. The summed E-state index contributed by atoms with van der Waals surface area (Å²) in [6.07, 6.45) is 0. The maximum absolute atomic E-state index is 11.9. The summed E-state index contributed by atoms with van der Waals surface area (Å²) in [5.41, 5.74) is 2.23. The van der Waals surface area contributed by atoms with E-state index in [-0.39, 0.29) is 5.91 Å². The SMILES string of the molecule is CCNC(=O)c1cc(C)nc2ccc(Cl)cc12. The summed E-state index contributed by atoms with van der Waals surface area (Å²) in [7, 11) is 0. The lowest BCUT2D eigenvalue weighted by Gasteiger charge is -2.08. The molecule has 0 saturated carbocycles. The van der Waals surface area contributed by atoms with Crippen LogP contribution in [-0.4, -0.2) is 17.4 Å². The fourth-order valence-corrected chi connectivity index (χ4v) is 1.95. The quantitative estimate of drug-likeness (QED) is 0.888. The lowest BCUT2D eigenvalue weighted by atomic mass is 10.1. The highest BCUT2D eigenvalue weighted by atomic mass is 35.5. The van der Waals surface area contributed by atoms with Gasteiger partial charge in [0.2, 0.25) is 0 Å². The molecule has 88 valence electrons. The standard InChI is InChI=1S/C13H13ClN2O/c1-3-15-13(17)11-6-8(2)16-12-5-4-9(14)7-10(11)12/h4-7H,3H2,1-2H3,(H,15,17). The number of amides is 1. The van der Waals surface area contributed by atoms with Crippen molar-refractivity contribution in [2.75, 3.05) is 6.54 Å². The number of pyridine rings is 1. The molecule has 0 spiro atoms. The van der Waals surface area contributed by atoms with E-state index in [0.29, 0.717) is 17.1 Å². The van der Waals surface area contributed by atoms with Gasteiger partial charge < -0.3 is 5.32 Å². The number of hydrogen-bond acceptors (Lipinski definition) is 2. The van der Waals surface area contributed by atoms with Crippen LogP contribution in [0.2, 0.25) is 5.02 Å². The molecule has 1 heterocycles. The van der Waals surface area contributed by atoms with Crippen molar-refractivity contribution < 1.29 is 4.79 Å². The second kappa shape index (κ2) is 4.72. The number of hydrogen-bond donors (Lipinski definition) is 1. The summed E-state index contributed by atoms with van der Waals surface area (Å²) in [6, 6.07) is 7.16. The minimum Gasteiger partial charge on any atom is -0.352 e. The number of fused-ring (bicyclic) bond motifs is 1. The monoisotopic (exact) mass is 248 g/mol. The third-order valence-corrected chi connectivity index (χ3v) is 2.72. The van der Waals surface area contributed by atoms with Crippen LogP contribution in [0.1, 0.15) is 23.0 Å². The molecule has 0 radical (unpaired) electrons. The summed E-state index contributed by atoms with van der Waals surface area (Å²) >= 11 is 5.95. The number of aromatic nitrogens is 1. The van der Waals surface area contributed by atoms with E-state index in [1.165, 1.54) is 0 Å². The van der Waals surface area contributed by atoms with Crippen molar-refractivity contribution >= 4 is 28.4 Å². The Kier molecular flexibility index (Phi) is 3.29. The first kappa shape index (κ1) is 11.9. The molecule has 17 heavy (non-hydrogen) atoms. The normalized spacial score (nSPS) is 10.5. The molecule has 0 aliphatic rings. The fourth-order valence-electron chi connectivity index (χ4n) is 1.77. The van der Waals surface area contributed by atoms with Crippen LogP contribution in [0.15, 0.2) is 24.3 Å². The van der Waals surface area contributed by atoms with Crippen LogP contribution in [0.25, 0.3) is 10.9 Å². The van der Waals surface area contributed by atoms with E-state index in [1.807, 2.05) is 19.9 Å². The summed E-state index contributed by atoms with van der Waals surface area (Å²) in [5, 5.41) is 4.18. The van der Waals surface area contributed by atoms with E-state index in [2.05, 4.69) is 10.3 Å². The Morgan fingerprint density at radius 2 is 2.18 bits per heavy atom. The topological polar surface area (TPSA) is 42.0 Å². The van der Waals surface area contributed by atoms with Gasteiger partial charge in [-0.3, -0.25) is 9.78 Å². The molecule has 0 aliphatic carbocycles. The van der Waals surface area contributed by atoms with Gasteiger partial charge in [0.25, 0.3) is 5.91 Å². The number of halogens is 1. The second-order valence-electron chi connectivity index (χ2n) is 3.83. The molecule has 1 N–H and O–H groups in total. The molecule has 2 aromatic rings. The molecule has 0 aliphatic heterocycles. The molecule has 4 heteroatoms. The van der Waals surface area contributed by atoms with Gasteiger partial charge >= 0.3 is 0 Å². The van der Waals surface area contributed by atoms with Crippen molar-refractivity contribution in [3.63, 3.8) is 0 Å². The lowest BCUT2D eigenvalue weighted by Crippen LogP contribution is -2.23. The first-order chi connectivity index (χ1) is 8.11. The van der Waals surface area contributed by atoms with E-state index in [1.54, 1.807) is 18.2 Å². The van der Waals surface area contributed by atoms with Crippen LogP contribution in [0.4, 0.5) is 0 Å². The number of nitrogens with zero attached hydrogens (tertiary/aromatic N) is 1. The molecule has 0 fully saturated rings. The molecule has 0 atom stereocenters.